The zero-order chi connectivity index (χ0) is 19.9. The van der Waals surface area contributed by atoms with E-state index in [1.54, 1.807) is 36.4 Å². The van der Waals surface area contributed by atoms with Gasteiger partial charge in [-0.2, -0.15) is 5.10 Å². The molecule has 0 bridgehead atoms. The van der Waals surface area contributed by atoms with Gasteiger partial charge in [-0.1, -0.05) is 24.3 Å². The molecule has 1 aliphatic rings. The topological polar surface area (TPSA) is 126 Å². The lowest BCUT2D eigenvalue weighted by Gasteiger charge is -2.25. The molecule has 1 aliphatic heterocycles. The maximum atomic E-state index is 12.1. The highest BCUT2D eigenvalue weighted by molar-refractivity contribution is 5.90. The van der Waals surface area contributed by atoms with Crippen molar-refractivity contribution in [2.24, 2.45) is 5.10 Å². The van der Waals surface area contributed by atoms with Crippen molar-refractivity contribution in [1.82, 2.24) is 10.7 Å². The minimum atomic E-state index is -1.02. The molecule has 28 heavy (non-hydrogen) atoms. The monoisotopic (exact) mass is 383 g/mol. The van der Waals surface area contributed by atoms with Crippen LogP contribution in [0.2, 0.25) is 0 Å². The van der Waals surface area contributed by atoms with E-state index in [1.165, 1.54) is 18.3 Å². The number of nitrogens with zero attached hydrogens (tertiary/aromatic N) is 1. The Kier molecular flexibility index (Phi) is 5.85. The van der Waals surface area contributed by atoms with E-state index in [-0.39, 0.29) is 18.7 Å². The molecule has 2 amide bonds. The standard InChI is InChI=1S/C19H17N3O6/c23-17(22-21-9-12-5-7-13(8-6-12)19(25)26)10-20-18(24)16-11-27-14-3-1-2-4-15(14)28-16/h1-9,16H,10-11H2,(H,20,24)(H,22,23)(H,25,26)/t16-/m1/s1. The number of hydrogen-bond acceptors (Lipinski definition) is 6. The first kappa shape index (κ1) is 18.9. The average Bonchev–Trinajstić information content (AvgIpc) is 2.72. The second-order valence-electron chi connectivity index (χ2n) is 5.80. The number of para-hydroxylation sites is 2. The van der Waals surface area contributed by atoms with E-state index in [0.717, 1.165) is 0 Å². The normalized spacial score (nSPS) is 15.1. The van der Waals surface area contributed by atoms with Crippen LogP contribution in [-0.4, -0.2) is 48.4 Å². The Labute approximate surface area is 160 Å². The molecular formula is C19H17N3O6. The molecule has 1 heterocycles. The number of carboxylic acid groups (broad SMARTS) is 1. The Morgan fingerprint density at radius 2 is 1.82 bits per heavy atom. The highest BCUT2D eigenvalue weighted by Gasteiger charge is 2.27. The van der Waals surface area contributed by atoms with Crippen LogP contribution in [0, 0.1) is 0 Å². The molecule has 0 saturated carbocycles. The summed E-state index contributed by atoms with van der Waals surface area (Å²) < 4.78 is 11.0. The zero-order valence-electron chi connectivity index (χ0n) is 14.6. The van der Waals surface area contributed by atoms with Crippen LogP contribution in [0.15, 0.2) is 53.6 Å². The maximum absolute atomic E-state index is 12.1. The quantitative estimate of drug-likeness (QED) is 0.500. The number of carboxylic acids is 1. The van der Waals surface area contributed by atoms with E-state index in [2.05, 4.69) is 15.8 Å². The van der Waals surface area contributed by atoms with Crippen LogP contribution in [0.1, 0.15) is 15.9 Å². The van der Waals surface area contributed by atoms with Crippen molar-refractivity contribution in [3.05, 3.63) is 59.7 Å². The first-order valence-corrected chi connectivity index (χ1v) is 8.34. The minimum absolute atomic E-state index is 0.0506. The van der Waals surface area contributed by atoms with E-state index in [1.807, 2.05) is 0 Å². The van der Waals surface area contributed by atoms with Crippen LogP contribution in [0.4, 0.5) is 0 Å². The fourth-order valence-corrected chi connectivity index (χ4v) is 2.36. The van der Waals surface area contributed by atoms with Gasteiger partial charge in [0, 0.05) is 0 Å². The highest BCUT2D eigenvalue weighted by atomic mass is 16.6. The van der Waals surface area contributed by atoms with Crippen LogP contribution < -0.4 is 20.2 Å². The first-order chi connectivity index (χ1) is 13.5. The van der Waals surface area contributed by atoms with Crippen molar-refractivity contribution >= 4 is 24.0 Å². The molecule has 3 rings (SSSR count). The van der Waals surface area contributed by atoms with Gasteiger partial charge in [-0.3, -0.25) is 9.59 Å². The van der Waals surface area contributed by atoms with Gasteiger partial charge in [0.25, 0.3) is 11.8 Å². The molecule has 2 aromatic carbocycles. The molecular weight excluding hydrogens is 366 g/mol. The average molecular weight is 383 g/mol. The molecule has 9 nitrogen and oxygen atoms in total. The van der Waals surface area contributed by atoms with Crippen molar-refractivity contribution in [2.75, 3.05) is 13.2 Å². The van der Waals surface area contributed by atoms with Crippen LogP contribution >= 0.6 is 0 Å². The summed E-state index contributed by atoms with van der Waals surface area (Å²) in [7, 11) is 0. The number of carbonyl (C=O) groups is 3. The van der Waals surface area contributed by atoms with E-state index in [9.17, 15) is 14.4 Å². The van der Waals surface area contributed by atoms with E-state index >= 15 is 0 Å². The summed E-state index contributed by atoms with van der Waals surface area (Å²) in [5.41, 5.74) is 3.03. The summed E-state index contributed by atoms with van der Waals surface area (Å²) in [6, 6.07) is 13.0. The van der Waals surface area contributed by atoms with Crippen molar-refractivity contribution in [1.29, 1.82) is 0 Å². The van der Waals surface area contributed by atoms with Gasteiger partial charge in [-0.15, -0.1) is 0 Å². The third kappa shape index (κ3) is 4.85. The number of hydrogen-bond donors (Lipinski definition) is 3. The van der Waals surface area contributed by atoms with Gasteiger partial charge in [-0.25, -0.2) is 10.2 Å². The molecule has 0 saturated heterocycles. The molecule has 144 valence electrons. The highest BCUT2D eigenvalue weighted by Crippen LogP contribution is 2.30. The summed E-state index contributed by atoms with van der Waals surface area (Å²) >= 11 is 0. The Bertz CT molecular complexity index is 910. The van der Waals surface area contributed by atoms with Crippen molar-refractivity contribution < 1.29 is 29.0 Å². The third-order valence-electron chi connectivity index (χ3n) is 3.78. The van der Waals surface area contributed by atoms with Gasteiger partial charge in [0.1, 0.15) is 6.61 Å². The first-order valence-electron chi connectivity index (χ1n) is 8.34. The molecule has 2 aromatic rings. The Balaban J connectivity index is 1.43. The third-order valence-corrected chi connectivity index (χ3v) is 3.78. The maximum Gasteiger partial charge on any atom is 0.335 e. The van der Waals surface area contributed by atoms with E-state index in [0.29, 0.717) is 17.1 Å². The van der Waals surface area contributed by atoms with Crippen LogP contribution in [0.5, 0.6) is 11.5 Å². The number of hydrazone groups is 1. The van der Waals surface area contributed by atoms with Crippen LogP contribution in [0.25, 0.3) is 0 Å². The predicted octanol–water partition coefficient (Wildman–Crippen LogP) is 0.791. The molecule has 0 radical (unpaired) electrons. The fraction of sp³-hybridized carbons (Fsp3) is 0.158. The fourth-order valence-electron chi connectivity index (χ4n) is 2.36. The molecule has 3 N–H and O–H groups in total. The molecule has 0 unspecified atom stereocenters. The number of rotatable bonds is 6. The predicted molar refractivity (Wildman–Crippen MR) is 98.5 cm³/mol. The molecule has 0 aromatic heterocycles. The van der Waals surface area contributed by atoms with E-state index < -0.39 is 23.9 Å². The molecule has 0 fully saturated rings. The Morgan fingerprint density at radius 3 is 2.54 bits per heavy atom. The smallest absolute Gasteiger partial charge is 0.335 e. The van der Waals surface area contributed by atoms with Crippen molar-refractivity contribution in [3.63, 3.8) is 0 Å². The zero-order valence-corrected chi connectivity index (χ0v) is 14.6. The minimum Gasteiger partial charge on any atom is -0.485 e. The van der Waals surface area contributed by atoms with Crippen molar-refractivity contribution in [3.8, 4) is 11.5 Å². The van der Waals surface area contributed by atoms with E-state index in [4.69, 9.17) is 14.6 Å². The number of benzene rings is 2. The lowest BCUT2D eigenvalue weighted by molar-refractivity contribution is -0.132. The Morgan fingerprint density at radius 1 is 1.11 bits per heavy atom. The van der Waals surface area contributed by atoms with Gasteiger partial charge in [0.05, 0.1) is 18.3 Å². The number of ether oxygens (including phenoxy) is 2. The summed E-state index contributed by atoms with van der Waals surface area (Å²) in [5.74, 6) is -0.989. The summed E-state index contributed by atoms with van der Waals surface area (Å²) in [4.78, 5) is 34.7. The van der Waals surface area contributed by atoms with Crippen LogP contribution in [-0.2, 0) is 9.59 Å². The molecule has 0 spiro atoms. The van der Waals surface area contributed by atoms with Gasteiger partial charge in [0.15, 0.2) is 11.5 Å². The molecule has 9 heteroatoms. The van der Waals surface area contributed by atoms with Gasteiger partial charge in [0.2, 0.25) is 6.10 Å². The largest absolute Gasteiger partial charge is 0.485 e. The summed E-state index contributed by atoms with van der Waals surface area (Å²) in [6.07, 6.45) is 0.513. The lowest BCUT2D eigenvalue weighted by atomic mass is 10.1. The second-order valence-corrected chi connectivity index (χ2v) is 5.80. The van der Waals surface area contributed by atoms with Gasteiger partial charge in [-0.05, 0) is 29.8 Å². The van der Waals surface area contributed by atoms with Gasteiger partial charge >= 0.3 is 5.97 Å². The van der Waals surface area contributed by atoms with Crippen LogP contribution in [0.3, 0.4) is 0 Å². The molecule has 0 aliphatic carbocycles. The summed E-state index contributed by atoms with van der Waals surface area (Å²) in [5, 5.41) is 15.0. The second kappa shape index (κ2) is 8.67. The van der Waals surface area contributed by atoms with Gasteiger partial charge < -0.3 is 19.9 Å². The lowest BCUT2D eigenvalue weighted by Crippen LogP contribution is -2.46. The number of amides is 2. The number of aromatic carboxylic acids is 1. The number of fused-ring (bicyclic) bond motifs is 1. The number of nitrogens with one attached hydrogen (secondary N) is 2. The summed E-state index contributed by atoms with van der Waals surface area (Å²) in [6.45, 7) is -0.232. The SMILES string of the molecule is O=C(CNC(=O)[C@H]1COc2ccccc2O1)NN=Cc1ccc(C(=O)O)cc1. The van der Waals surface area contributed by atoms with Crippen molar-refractivity contribution in [2.45, 2.75) is 6.10 Å². The number of carbonyl (C=O) groups excluding carboxylic acids is 2. The Hall–Kier alpha value is -3.88. The molecule has 1 atom stereocenters.